The van der Waals surface area contributed by atoms with Crippen LogP contribution in [0.15, 0.2) is 17.1 Å². The number of aliphatic imine (C=N–C) groups is 1. The first-order valence-corrected chi connectivity index (χ1v) is 10.1. The summed E-state index contributed by atoms with van der Waals surface area (Å²) in [5.41, 5.74) is 1.08. The molecule has 8 heteroatoms. The number of hydrogen-bond acceptors (Lipinski definition) is 5. The number of methoxy groups -OCH3 is 3. The molecule has 1 aromatic carbocycles. The quantitative estimate of drug-likeness (QED) is 0.346. The average Bonchev–Trinajstić information content (AvgIpc) is 2.70. The number of nitrogens with one attached hydrogen (secondary N) is 1. The summed E-state index contributed by atoms with van der Waals surface area (Å²) in [6, 6.07) is 3.94. The van der Waals surface area contributed by atoms with Crippen molar-refractivity contribution in [2.24, 2.45) is 4.99 Å². The summed E-state index contributed by atoms with van der Waals surface area (Å²) in [5, 5.41) is 4.18. The van der Waals surface area contributed by atoms with E-state index in [1.165, 1.54) is 6.42 Å². The molecule has 2 rings (SSSR count). The first-order chi connectivity index (χ1) is 12.7. The van der Waals surface area contributed by atoms with Crippen LogP contribution in [0.4, 0.5) is 0 Å². The van der Waals surface area contributed by atoms with E-state index >= 15 is 0 Å². The smallest absolute Gasteiger partial charge is 0.203 e. The van der Waals surface area contributed by atoms with Gasteiger partial charge in [-0.3, -0.25) is 4.99 Å². The van der Waals surface area contributed by atoms with E-state index in [1.807, 2.05) is 19.2 Å². The van der Waals surface area contributed by atoms with Gasteiger partial charge in [0, 0.05) is 43.2 Å². The maximum absolute atomic E-state index is 5.56. The van der Waals surface area contributed by atoms with E-state index < -0.39 is 0 Å². The number of ether oxygens (including phenoxy) is 3. The molecule has 0 saturated carbocycles. The van der Waals surface area contributed by atoms with Gasteiger partial charge in [0.15, 0.2) is 17.5 Å². The third kappa shape index (κ3) is 6.23. The standard InChI is InChI=1S/C19H31N3O3S.HI/c1-6-15-13-22(11-12-26-15)19(20-2)21-10-9-14-7-8-16(23-3)18(25-5)17(14)24-4;/h7-8,15H,6,9-13H2,1-5H3,(H,20,21);1H. The lowest BCUT2D eigenvalue weighted by Gasteiger charge is -2.34. The molecule has 1 atom stereocenters. The van der Waals surface area contributed by atoms with E-state index in [-0.39, 0.29) is 24.0 Å². The van der Waals surface area contributed by atoms with E-state index in [9.17, 15) is 0 Å². The highest BCUT2D eigenvalue weighted by atomic mass is 127. The Labute approximate surface area is 184 Å². The fourth-order valence-corrected chi connectivity index (χ4v) is 4.34. The lowest BCUT2D eigenvalue weighted by Crippen LogP contribution is -2.48. The minimum atomic E-state index is 0. The van der Waals surface area contributed by atoms with Crippen molar-refractivity contribution < 1.29 is 14.2 Å². The predicted octanol–water partition coefficient (Wildman–Crippen LogP) is 3.28. The van der Waals surface area contributed by atoms with Crippen LogP contribution in [0.1, 0.15) is 18.9 Å². The first-order valence-electron chi connectivity index (χ1n) is 9.03. The van der Waals surface area contributed by atoms with Crippen molar-refractivity contribution in [1.29, 1.82) is 0 Å². The second-order valence-corrected chi connectivity index (χ2v) is 7.47. The molecule has 1 N–H and O–H groups in total. The molecule has 6 nitrogen and oxygen atoms in total. The summed E-state index contributed by atoms with van der Waals surface area (Å²) < 4.78 is 16.4. The fraction of sp³-hybridized carbons (Fsp3) is 0.632. The van der Waals surface area contributed by atoms with Crippen LogP contribution in [0.2, 0.25) is 0 Å². The van der Waals surface area contributed by atoms with Gasteiger partial charge in [-0.25, -0.2) is 0 Å². The molecule has 0 aromatic heterocycles. The van der Waals surface area contributed by atoms with E-state index in [4.69, 9.17) is 14.2 Å². The van der Waals surface area contributed by atoms with Gasteiger partial charge in [0.25, 0.3) is 0 Å². The Kier molecular flexibility index (Phi) is 11.1. The number of thioether (sulfide) groups is 1. The van der Waals surface area contributed by atoms with Crippen LogP contribution in [0, 0.1) is 0 Å². The molecule has 1 aliphatic heterocycles. The van der Waals surface area contributed by atoms with Crippen molar-refractivity contribution in [1.82, 2.24) is 10.2 Å². The van der Waals surface area contributed by atoms with Crippen LogP contribution in [0.5, 0.6) is 17.2 Å². The molecule has 1 aromatic rings. The molecule has 0 bridgehead atoms. The van der Waals surface area contributed by atoms with Crippen molar-refractivity contribution >= 4 is 41.7 Å². The highest BCUT2D eigenvalue weighted by Gasteiger charge is 2.21. The molecule has 0 aliphatic carbocycles. The van der Waals surface area contributed by atoms with Gasteiger partial charge in [0.1, 0.15) is 0 Å². The van der Waals surface area contributed by atoms with Crippen molar-refractivity contribution in [2.75, 3.05) is 53.8 Å². The van der Waals surface area contributed by atoms with E-state index in [0.29, 0.717) is 16.7 Å². The maximum Gasteiger partial charge on any atom is 0.203 e. The highest BCUT2D eigenvalue weighted by Crippen LogP contribution is 2.39. The second kappa shape index (κ2) is 12.4. The first kappa shape index (κ1) is 24.0. The third-order valence-corrected chi connectivity index (χ3v) is 5.94. The Morgan fingerprint density at radius 1 is 1.22 bits per heavy atom. The van der Waals surface area contributed by atoms with Crippen LogP contribution in [0.3, 0.4) is 0 Å². The Hall–Kier alpha value is -1.03. The Balaban J connectivity index is 0.00000364. The topological polar surface area (TPSA) is 55.3 Å². The van der Waals surface area contributed by atoms with Crippen molar-refractivity contribution in [3.8, 4) is 17.2 Å². The van der Waals surface area contributed by atoms with E-state index in [2.05, 4.69) is 33.9 Å². The van der Waals surface area contributed by atoms with Gasteiger partial charge >= 0.3 is 0 Å². The number of rotatable bonds is 7. The SMILES string of the molecule is CCC1CN(C(=NC)NCCc2ccc(OC)c(OC)c2OC)CCS1.I. The molecule has 1 heterocycles. The Morgan fingerprint density at radius 3 is 2.56 bits per heavy atom. The Bertz CT molecular complexity index is 616. The van der Waals surface area contributed by atoms with Crippen LogP contribution < -0.4 is 19.5 Å². The summed E-state index contributed by atoms with van der Waals surface area (Å²) in [6.07, 6.45) is 2.00. The highest BCUT2D eigenvalue weighted by molar-refractivity contribution is 14.0. The van der Waals surface area contributed by atoms with Crippen LogP contribution in [0.25, 0.3) is 0 Å². The molecule has 1 aliphatic rings. The number of halogens is 1. The molecule has 0 radical (unpaired) electrons. The number of guanidine groups is 1. The van der Waals surface area contributed by atoms with Gasteiger partial charge in [-0.15, -0.1) is 24.0 Å². The van der Waals surface area contributed by atoms with Crippen LogP contribution in [-0.4, -0.2) is 69.9 Å². The summed E-state index contributed by atoms with van der Waals surface area (Å²) in [4.78, 5) is 6.82. The minimum Gasteiger partial charge on any atom is -0.493 e. The lowest BCUT2D eigenvalue weighted by atomic mass is 10.1. The number of nitrogens with zero attached hydrogens (tertiary/aromatic N) is 2. The van der Waals surface area contributed by atoms with Gasteiger partial charge in [0.2, 0.25) is 5.75 Å². The monoisotopic (exact) mass is 509 g/mol. The van der Waals surface area contributed by atoms with Gasteiger partial charge in [-0.05, 0) is 18.9 Å². The predicted molar refractivity (Wildman–Crippen MR) is 125 cm³/mol. The summed E-state index contributed by atoms with van der Waals surface area (Å²) in [5.74, 6) is 4.17. The lowest BCUT2D eigenvalue weighted by molar-refractivity contribution is 0.322. The van der Waals surface area contributed by atoms with Crippen molar-refractivity contribution in [3.05, 3.63) is 17.7 Å². The summed E-state index contributed by atoms with van der Waals surface area (Å²) in [6.45, 7) is 5.13. The molecular weight excluding hydrogens is 477 g/mol. The molecule has 1 unspecified atom stereocenters. The normalized spacial score (nSPS) is 17.1. The third-order valence-electron chi connectivity index (χ3n) is 4.57. The second-order valence-electron chi connectivity index (χ2n) is 6.06. The molecule has 0 amide bonds. The zero-order chi connectivity index (χ0) is 18.9. The van der Waals surface area contributed by atoms with Gasteiger partial charge < -0.3 is 24.4 Å². The van der Waals surface area contributed by atoms with Crippen molar-refractivity contribution in [3.63, 3.8) is 0 Å². The zero-order valence-electron chi connectivity index (χ0n) is 16.9. The van der Waals surface area contributed by atoms with Gasteiger partial charge in [-0.1, -0.05) is 13.0 Å². The molecule has 1 fully saturated rings. The zero-order valence-corrected chi connectivity index (χ0v) is 20.1. The molecular formula is C19H32IN3O3S. The number of hydrogen-bond donors (Lipinski definition) is 1. The van der Waals surface area contributed by atoms with E-state index in [0.717, 1.165) is 49.1 Å². The fourth-order valence-electron chi connectivity index (χ4n) is 3.16. The molecule has 154 valence electrons. The maximum atomic E-state index is 5.56. The summed E-state index contributed by atoms with van der Waals surface area (Å²) >= 11 is 2.06. The van der Waals surface area contributed by atoms with Crippen LogP contribution >= 0.6 is 35.7 Å². The van der Waals surface area contributed by atoms with Crippen LogP contribution in [-0.2, 0) is 6.42 Å². The van der Waals surface area contributed by atoms with E-state index in [1.54, 1.807) is 21.3 Å². The Morgan fingerprint density at radius 2 is 1.96 bits per heavy atom. The van der Waals surface area contributed by atoms with Gasteiger partial charge in [0.05, 0.1) is 21.3 Å². The minimum absolute atomic E-state index is 0. The molecule has 27 heavy (non-hydrogen) atoms. The summed E-state index contributed by atoms with van der Waals surface area (Å²) in [7, 11) is 6.76. The van der Waals surface area contributed by atoms with Crippen molar-refractivity contribution in [2.45, 2.75) is 25.0 Å². The van der Waals surface area contributed by atoms with Gasteiger partial charge in [-0.2, -0.15) is 11.8 Å². The average molecular weight is 509 g/mol. The number of benzene rings is 1. The molecule has 1 saturated heterocycles. The molecule has 0 spiro atoms. The largest absolute Gasteiger partial charge is 0.493 e.